The van der Waals surface area contributed by atoms with Crippen molar-refractivity contribution < 1.29 is 14.7 Å². The molecule has 0 aromatic heterocycles. The molecule has 0 saturated carbocycles. The Morgan fingerprint density at radius 2 is 2.00 bits per heavy atom. The van der Waals surface area contributed by atoms with E-state index in [-0.39, 0.29) is 18.2 Å². The van der Waals surface area contributed by atoms with E-state index in [9.17, 15) is 9.59 Å². The van der Waals surface area contributed by atoms with Crippen LogP contribution in [0.2, 0.25) is 0 Å². The molecular weight excluding hydrogens is 244 g/mol. The summed E-state index contributed by atoms with van der Waals surface area (Å²) in [5.41, 5.74) is 3.15. The molecule has 2 heterocycles. The number of hydrogen-bond acceptors (Lipinski definition) is 3. The number of nitrogens with one attached hydrogen (secondary N) is 1. The molecule has 5 heteroatoms. The van der Waals surface area contributed by atoms with Crippen LogP contribution in [0.4, 0.5) is 0 Å². The van der Waals surface area contributed by atoms with E-state index in [1.54, 1.807) is 4.90 Å². The van der Waals surface area contributed by atoms with Crippen LogP contribution in [0.5, 0.6) is 0 Å². The van der Waals surface area contributed by atoms with Crippen molar-refractivity contribution in [3.05, 3.63) is 34.9 Å². The fourth-order valence-corrected chi connectivity index (χ4v) is 2.72. The van der Waals surface area contributed by atoms with Gasteiger partial charge in [-0.2, -0.15) is 0 Å². The summed E-state index contributed by atoms with van der Waals surface area (Å²) in [4.78, 5) is 24.5. The molecular formula is C14H16N2O3. The van der Waals surface area contributed by atoms with Gasteiger partial charge in [0.05, 0.1) is 6.42 Å². The average molecular weight is 260 g/mol. The van der Waals surface area contributed by atoms with Crippen molar-refractivity contribution in [3.8, 4) is 0 Å². The minimum absolute atomic E-state index is 0.0105. The Balaban J connectivity index is 1.64. The van der Waals surface area contributed by atoms with E-state index >= 15 is 0 Å². The standard InChI is InChI=1S/C14H16N2O3/c17-13(18)3-9-7-16(8-9)14(19)10-1-2-11-5-15-6-12(11)4-10/h1-2,4,9,15H,3,5-8H2,(H,17,18). The van der Waals surface area contributed by atoms with Gasteiger partial charge < -0.3 is 15.3 Å². The highest BCUT2D eigenvalue weighted by atomic mass is 16.4. The summed E-state index contributed by atoms with van der Waals surface area (Å²) in [5.74, 6) is -0.672. The first-order valence-electron chi connectivity index (χ1n) is 6.47. The number of aliphatic carboxylic acids is 1. The van der Waals surface area contributed by atoms with Crippen LogP contribution in [0.1, 0.15) is 27.9 Å². The lowest BCUT2D eigenvalue weighted by molar-refractivity contribution is -0.139. The number of nitrogens with zero attached hydrogens (tertiary/aromatic N) is 1. The van der Waals surface area contributed by atoms with Crippen LogP contribution in [0, 0.1) is 5.92 Å². The van der Waals surface area contributed by atoms with E-state index in [4.69, 9.17) is 5.11 Å². The van der Waals surface area contributed by atoms with Gasteiger partial charge in [-0.1, -0.05) is 6.07 Å². The Morgan fingerprint density at radius 3 is 2.74 bits per heavy atom. The topological polar surface area (TPSA) is 69.6 Å². The lowest BCUT2D eigenvalue weighted by Crippen LogP contribution is -2.50. The molecule has 3 rings (SSSR count). The van der Waals surface area contributed by atoms with Gasteiger partial charge in [-0.3, -0.25) is 9.59 Å². The molecule has 1 aromatic rings. The van der Waals surface area contributed by atoms with Crippen molar-refractivity contribution in [2.24, 2.45) is 5.92 Å². The highest BCUT2D eigenvalue weighted by Crippen LogP contribution is 2.23. The van der Waals surface area contributed by atoms with Crippen molar-refractivity contribution in [3.63, 3.8) is 0 Å². The molecule has 19 heavy (non-hydrogen) atoms. The van der Waals surface area contributed by atoms with Gasteiger partial charge in [-0.15, -0.1) is 0 Å². The number of likely N-dealkylation sites (tertiary alicyclic amines) is 1. The summed E-state index contributed by atoms with van der Waals surface area (Å²) in [6, 6.07) is 5.80. The summed E-state index contributed by atoms with van der Waals surface area (Å²) in [7, 11) is 0. The maximum atomic E-state index is 12.2. The third kappa shape index (κ3) is 2.33. The third-order valence-electron chi connectivity index (χ3n) is 3.79. The van der Waals surface area contributed by atoms with Crippen LogP contribution in [0.25, 0.3) is 0 Å². The maximum Gasteiger partial charge on any atom is 0.303 e. The molecule has 100 valence electrons. The molecule has 2 aliphatic heterocycles. The second kappa shape index (κ2) is 4.66. The highest BCUT2D eigenvalue weighted by Gasteiger charge is 2.32. The number of benzene rings is 1. The summed E-state index contributed by atoms with van der Waals surface area (Å²) < 4.78 is 0. The number of hydrogen-bond donors (Lipinski definition) is 2. The Bertz CT molecular complexity index is 535. The smallest absolute Gasteiger partial charge is 0.303 e. The molecule has 1 fully saturated rings. The first-order valence-corrected chi connectivity index (χ1v) is 6.47. The van der Waals surface area contributed by atoms with Crippen molar-refractivity contribution in [1.29, 1.82) is 0 Å². The van der Waals surface area contributed by atoms with Crippen LogP contribution in [-0.4, -0.2) is 35.0 Å². The van der Waals surface area contributed by atoms with Gasteiger partial charge in [0.2, 0.25) is 0 Å². The van der Waals surface area contributed by atoms with E-state index in [0.717, 1.165) is 13.1 Å². The normalized spacial score (nSPS) is 18.0. The molecule has 0 bridgehead atoms. The van der Waals surface area contributed by atoms with Gasteiger partial charge in [0.15, 0.2) is 0 Å². The lowest BCUT2D eigenvalue weighted by Gasteiger charge is -2.38. The van der Waals surface area contributed by atoms with Crippen LogP contribution in [-0.2, 0) is 17.9 Å². The quantitative estimate of drug-likeness (QED) is 0.845. The fourth-order valence-electron chi connectivity index (χ4n) is 2.72. The van der Waals surface area contributed by atoms with E-state index in [2.05, 4.69) is 5.32 Å². The van der Waals surface area contributed by atoms with Gasteiger partial charge in [0, 0.05) is 37.7 Å². The summed E-state index contributed by atoms with van der Waals surface area (Å²) in [6.07, 6.45) is 0.151. The van der Waals surface area contributed by atoms with Crippen molar-refractivity contribution >= 4 is 11.9 Å². The number of carboxylic acid groups (broad SMARTS) is 1. The average Bonchev–Trinajstić information content (AvgIpc) is 2.79. The molecule has 2 N–H and O–H groups in total. The Kier molecular flexibility index (Phi) is 2.98. The van der Waals surface area contributed by atoms with Crippen LogP contribution < -0.4 is 5.32 Å². The molecule has 0 spiro atoms. The molecule has 1 amide bonds. The van der Waals surface area contributed by atoms with E-state index in [0.29, 0.717) is 18.7 Å². The molecule has 0 aliphatic carbocycles. The van der Waals surface area contributed by atoms with Gasteiger partial charge >= 0.3 is 5.97 Å². The zero-order chi connectivity index (χ0) is 13.4. The van der Waals surface area contributed by atoms with Gasteiger partial charge in [-0.25, -0.2) is 0 Å². The predicted molar refractivity (Wildman–Crippen MR) is 68.6 cm³/mol. The van der Waals surface area contributed by atoms with Crippen LogP contribution in [0.15, 0.2) is 18.2 Å². The highest BCUT2D eigenvalue weighted by molar-refractivity contribution is 5.95. The van der Waals surface area contributed by atoms with Gasteiger partial charge in [-0.05, 0) is 23.3 Å². The fraction of sp³-hybridized carbons (Fsp3) is 0.429. The first-order chi connectivity index (χ1) is 9.13. The van der Waals surface area contributed by atoms with E-state index < -0.39 is 5.97 Å². The minimum Gasteiger partial charge on any atom is -0.481 e. The van der Waals surface area contributed by atoms with Gasteiger partial charge in [0.1, 0.15) is 0 Å². The first kappa shape index (κ1) is 12.2. The Hall–Kier alpha value is -1.88. The van der Waals surface area contributed by atoms with Crippen molar-refractivity contribution in [2.45, 2.75) is 19.5 Å². The lowest BCUT2D eigenvalue weighted by atomic mass is 9.95. The number of carboxylic acids is 1. The third-order valence-corrected chi connectivity index (χ3v) is 3.79. The SMILES string of the molecule is O=C(O)CC1CN(C(=O)c2ccc3c(c2)CNC3)C1. The molecule has 2 aliphatic rings. The second-order valence-corrected chi connectivity index (χ2v) is 5.26. The van der Waals surface area contributed by atoms with E-state index in [1.165, 1.54) is 11.1 Å². The monoisotopic (exact) mass is 260 g/mol. The Morgan fingerprint density at radius 1 is 1.26 bits per heavy atom. The van der Waals surface area contributed by atoms with Crippen molar-refractivity contribution in [2.75, 3.05) is 13.1 Å². The number of rotatable bonds is 3. The molecule has 0 radical (unpaired) electrons. The molecule has 1 saturated heterocycles. The molecule has 0 unspecified atom stereocenters. The summed E-state index contributed by atoms with van der Waals surface area (Å²) >= 11 is 0. The van der Waals surface area contributed by atoms with E-state index in [1.807, 2.05) is 18.2 Å². The van der Waals surface area contributed by atoms with Crippen LogP contribution >= 0.6 is 0 Å². The zero-order valence-corrected chi connectivity index (χ0v) is 10.6. The molecule has 5 nitrogen and oxygen atoms in total. The van der Waals surface area contributed by atoms with Crippen LogP contribution in [0.3, 0.4) is 0 Å². The summed E-state index contributed by atoms with van der Waals surface area (Å²) in [6.45, 7) is 2.80. The Labute approximate surface area is 111 Å². The largest absolute Gasteiger partial charge is 0.481 e. The summed E-state index contributed by atoms with van der Waals surface area (Å²) in [5, 5.41) is 11.9. The zero-order valence-electron chi connectivity index (χ0n) is 10.6. The number of carbonyl (C=O) groups is 2. The molecule has 1 aromatic carbocycles. The van der Waals surface area contributed by atoms with Crippen molar-refractivity contribution in [1.82, 2.24) is 10.2 Å². The minimum atomic E-state index is -0.791. The second-order valence-electron chi connectivity index (χ2n) is 5.26. The number of carbonyl (C=O) groups excluding carboxylic acids is 1. The molecule has 0 atom stereocenters. The maximum absolute atomic E-state index is 12.2. The number of fused-ring (bicyclic) bond motifs is 1. The predicted octanol–water partition coefficient (Wildman–Crippen LogP) is 0.837. The van der Waals surface area contributed by atoms with Gasteiger partial charge in [0.25, 0.3) is 5.91 Å². The number of amides is 1.